The van der Waals surface area contributed by atoms with Crippen LogP contribution in [0.2, 0.25) is 0 Å². The van der Waals surface area contributed by atoms with Gasteiger partial charge in [0.2, 0.25) is 0 Å². The van der Waals surface area contributed by atoms with Gasteiger partial charge in [0.25, 0.3) is 0 Å². The number of hydrogen-bond acceptors (Lipinski definition) is 1. The van der Waals surface area contributed by atoms with Gasteiger partial charge in [0.1, 0.15) is 12.4 Å². The monoisotopic (exact) mass is 328 g/mol. The van der Waals surface area contributed by atoms with Crippen molar-refractivity contribution in [2.24, 2.45) is 5.92 Å². The fraction of sp³-hybridized carbons (Fsp3) is 0.429. The smallest absolute Gasteiger partial charge is 0.168 e. The molecule has 0 bridgehead atoms. The molecule has 3 heteroatoms. The van der Waals surface area contributed by atoms with Crippen LogP contribution >= 0.6 is 0 Å². The second kappa shape index (κ2) is 6.19. The van der Waals surface area contributed by atoms with Gasteiger partial charge in [-0.15, -0.1) is 0 Å². The molecule has 0 N–H and O–H groups in total. The van der Waals surface area contributed by atoms with E-state index < -0.39 is 0 Å². The minimum atomic E-state index is -0.293. The predicted octanol–water partition coefficient (Wildman–Crippen LogP) is 5.82. The van der Waals surface area contributed by atoms with Gasteiger partial charge < -0.3 is 4.74 Å². The van der Waals surface area contributed by atoms with Crippen LogP contribution in [0.3, 0.4) is 0 Å². The van der Waals surface area contributed by atoms with Crippen molar-refractivity contribution >= 4 is 0 Å². The number of benzene rings is 2. The highest BCUT2D eigenvalue weighted by Crippen LogP contribution is 2.42. The third kappa shape index (κ3) is 2.70. The summed E-state index contributed by atoms with van der Waals surface area (Å²) in [5.41, 5.74) is 3.43. The molecule has 0 radical (unpaired) electrons. The van der Waals surface area contributed by atoms with Gasteiger partial charge in [-0.1, -0.05) is 50.5 Å². The Morgan fingerprint density at radius 2 is 1.67 bits per heavy atom. The standard InChI is InChI=1S/C21H22F2O/c1-2-3-14-9-11-17-16-10-8-15(7-6-13-4-5-13)19(22)18(16)12-24-21(17)20(14)23/h8-11,13H,2-7,12H2,1H3. The molecule has 126 valence electrons. The normalized spacial score (nSPS) is 15.6. The van der Waals surface area contributed by atoms with Crippen LogP contribution < -0.4 is 4.74 Å². The Morgan fingerprint density at radius 3 is 2.38 bits per heavy atom. The summed E-state index contributed by atoms with van der Waals surface area (Å²) in [5, 5.41) is 0. The first-order valence-corrected chi connectivity index (χ1v) is 8.93. The molecule has 1 fully saturated rings. The van der Waals surface area contributed by atoms with Crippen molar-refractivity contribution in [3.05, 3.63) is 52.6 Å². The van der Waals surface area contributed by atoms with Gasteiger partial charge in [-0.25, -0.2) is 8.78 Å². The van der Waals surface area contributed by atoms with Crippen molar-refractivity contribution < 1.29 is 13.5 Å². The fourth-order valence-corrected chi connectivity index (χ4v) is 3.58. The summed E-state index contributed by atoms with van der Waals surface area (Å²) in [4.78, 5) is 0. The molecule has 0 spiro atoms. The molecule has 0 unspecified atom stereocenters. The summed E-state index contributed by atoms with van der Waals surface area (Å²) in [5.74, 6) is 0.595. The summed E-state index contributed by atoms with van der Waals surface area (Å²) >= 11 is 0. The highest BCUT2D eigenvalue weighted by atomic mass is 19.1. The molecule has 1 aliphatic heterocycles. The Kier molecular flexibility index (Phi) is 4.03. The number of hydrogen-bond donors (Lipinski definition) is 0. The third-order valence-corrected chi connectivity index (χ3v) is 5.19. The Labute approximate surface area is 141 Å². The number of aryl methyl sites for hydroxylation is 2. The molecule has 2 aliphatic rings. The maximum atomic E-state index is 14.8. The molecule has 0 atom stereocenters. The molecule has 0 aromatic heterocycles. The zero-order valence-corrected chi connectivity index (χ0v) is 14.0. The lowest BCUT2D eigenvalue weighted by molar-refractivity contribution is 0.279. The molecule has 24 heavy (non-hydrogen) atoms. The quantitative estimate of drug-likeness (QED) is 0.672. The second-order valence-corrected chi connectivity index (χ2v) is 7.00. The van der Waals surface area contributed by atoms with Crippen LogP contribution in [0.1, 0.15) is 49.3 Å². The zero-order valence-electron chi connectivity index (χ0n) is 14.0. The Bertz CT molecular complexity index is 778. The van der Waals surface area contributed by atoms with E-state index in [2.05, 4.69) is 0 Å². The van der Waals surface area contributed by atoms with E-state index in [1.807, 2.05) is 25.1 Å². The Morgan fingerprint density at radius 1 is 0.958 bits per heavy atom. The maximum Gasteiger partial charge on any atom is 0.168 e. The highest BCUT2D eigenvalue weighted by molar-refractivity contribution is 5.76. The molecule has 0 saturated heterocycles. The van der Waals surface area contributed by atoms with Gasteiger partial charge in [0.15, 0.2) is 11.6 Å². The van der Waals surface area contributed by atoms with E-state index in [1.54, 1.807) is 6.07 Å². The van der Waals surface area contributed by atoms with Gasteiger partial charge >= 0.3 is 0 Å². The van der Waals surface area contributed by atoms with Crippen LogP contribution in [0.4, 0.5) is 8.78 Å². The van der Waals surface area contributed by atoms with Gasteiger partial charge in [0, 0.05) is 11.1 Å². The van der Waals surface area contributed by atoms with Crippen LogP contribution in [0.15, 0.2) is 24.3 Å². The lowest BCUT2D eigenvalue weighted by Crippen LogP contribution is -2.12. The summed E-state index contributed by atoms with van der Waals surface area (Å²) in [6.07, 6.45) is 5.96. The van der Waals surface area contributed by atoms with E-state index in [1.165, 1.54) is 12.8 Å². The minimum Gasteiger partial charge on any atom is -0.485 e. The van der Waals surface area contributed by atoms with Crippen LogP contribution in [0.5, 0.6) is 5.75 Å². The van der Waals surface area contributed by atoms with E-state index in [9.17, 15) is 8.78 Å². The number of rotatable bonds is 5. The molecule has 1 heterocycles. The van der Waals surface area contributed by atoms with E-state index in [4.69, 9.17) is 4.74 Å². The van der Waals surface area contributed by atoms with E-state index in [0.29, 0.717) is 23.1 Å². The lowest BCUT2D eigenvalue weighted by atomic mass is 9.91. The highest BCUT2D eigenvalue weighted by Gasteiger charge is 2.27. The number of halogens is 2. The zero-order chi connectivity index (χ0) is 16.7. The largest absolute Gasteiger partial charge is 0.485 e. The summed E-state index contributed by atoms with van der Waals surface area (Å²) in [7, 11) is 0. The molecule has 1 aliphatic carbocycles. The van der Waals surface area contributed by atoms with Crippen molar-refractivity contribution in [1.82, 2.24) is 0 Å². The molecule has 2 aromatic carbocycles. The van der Waals surface area contributed by atoms with Crippen molar-refractivity contribution in [2.45, 2.75) is 52.1 Å². The van der Waals surface area contributed by atoms with Gasteiger partial charge in [0.05, 0.1) is 0 Å². The first kappa shape index (κ1) is 15.6. The number of ether oxygens (including phenoxy) is 1. The summed E-state index contributed by atoms with van der Waals surface area (Å²) in [6.45, 7) is 2.13. The third-order valence-electron chi connectivity index (χ3n) is 5.19. The first-order chi connectivity index (χ1) is 11.7. The van der Waals surface area contributed by atoms with Gasteiger partial charge in [-0.2, -0.15) is 0 Å². The number of fused-ring (bicyclic) bond motifs is 3. The summed E-state index contributed by atoms with van der Waals surface area (Å²) in [6, 6.07) is 7.46. The first-order valence-electron chi connectivity index (χ1n) is 8.93. The van der Waals surface area contributed by atoms with Crippen molar-refractivity contribution in [2.75, 3.05) is 0 Å². The van der Waals surface area contributed by atoms with E-state index >= 15 is 0 Å². The second-order valence-electron chi connectivity index (χ2n) is 7.00. The van der Waals surface area contributed by atoms with Gasteiger partial charge in [-0.05, 0) is 41.9 Å². The SMILES string of the molecule is CCCc1ccc2c(c1F)OCc1c-2ccc(CCC2CC2)c1F. The van der Waals surface area contributed by atoms with Crippen molar-refractivity contribution in [3.63, 3.8) is 0 Å². The van der Waals surface area contributed by atoms with Gasteiger partial charge in [-0.3, -0.25) is 0 Å². The molecule has 4 rings (SSSR count). The molecule has 2 aromatic rings. The topological polar surface area (TPSA) is 9.23 Å². The summed E-state index contributed by atoms with van der Waals surface area (Å²) < 4.78 is 35.1. The molecular weight excluding hydrogens is 306 g/mol. The molecule has 1 saturated carbocycles. The van der Waals surface area contributed by atoms with Crippen LogP contribution in [0, 0.1) is 17.6 Å². The average Bonchev–Trinajstić information content (AvgIpc) is 3.41. The Hall–Kier alpha value is -1.90. The predicted molar refractivity (Wildman–Crippen MR) is 91.2 cm³/mol. The fourth-order valence-electron chi connectivity index (χ4n) is 3.58. The maximum absolute atomic E-state index is 14.8. The lowest BCUT2D eigenvalue weighted by Gasteiger charge is -2.23. The van der Waals surface area contributed by atoms with Crippen LogP contribution in [-0.4, -0.2) is 0 Å². The molecule has 0 amide bonds. The van der Waals surface area contributed by atoms with E-state index in [0.717, 1.165) is 36.3 Å². The van der Waals surface area contributed by atoms with Crippen LogP contribution in [-0.2, 0) is 19.4 Å². The van der Waals surface area contributed by atoms with Crippen molar-refractivity contribution in [3.8, 4) is 16.9 Å². The molecular formula is C21H22F2O. The van der Waals surface area contributed by atoms with Crippen LogP contribution in [0.25, 0.3) is 11.1 Å². The minimum absolute atomic E-state index is 0.109. The molecule has 1 nitrogen and oxygen atoms in total. The Balaban J connectivity index is 1.70. The average molecular weight is 328 g/mol. The van der Waals surface area contributed by atoms with Crippen molar-refractivity contribution in [1.29, 1.82) is 0 Å². The van der Waals surface area contributed by atoms with E-state index in [-0.39, 0.29) is 24.0 Å².